The van der Waals surface area contributed by atoms with Crippen LogP contribution in [0.2, 0.25) is 0 Å². The molecule has 4 aliphatic rings. The van der Waals surface area contributed by atoms with Crippen molar-refractivity contribution < 1.29 is 9.47 Å². The second-order valence-electron chi connectivity index (χ2n) is 23.8. The number of para-hydroxylation sites is 8. The van der Waals surface area contributed by atoms with Crippen molar-refractivity contribution >= 4 is 114 Å². The highest BCUT2D eigenvalue weighted by molar-refractivity contribution is 7.02. The smallest absolute Gasteiger partial charge is 0.256 e. The number of hydrogen-bond acceptors (Lipinski definition) is 6. The third kappa shape index (κ3) is 8.59. The Kier molecular flexibility index (Phi) is 12.7. The third-order valence-corrected chi connectivity index (χ3v) is 18.7. The molecule has 0 saturated carbocycles. The molecule has 4 aliphatic heterocycles. The molecule has 92 heavy (non-hydrogen) atoms. The fourth-order valence-corrected chi connectivity index (χ4v) is 14.9. The van der Waals surface area contributed by atoms with Crippen molar-refractivity contribution in [3.05, 3.63) is 340 Å². The zero-order chi connectivity index (χ0) is 60.6. The molecule has 14 aromatic rings. The molecule has 0 amide bonds. The van der Waals surface area contributed by atoms with E-state index in [9.17, 15) is 0 Å². The summed E-state index contributed by atoms with van der Waals surface area (Å²) in [6, 6.07) is 123. The fourth-order valence-electron chi connectivity index (χ4n) is 14.9. The van der Waals surface area contributed by atoms with Crippen LogP contribution in [0, 0.1) is 0 Å². The van der Waals surface area contributed by atoms with Gasteiger partial charge in [0, 0.05) is 74.6 Å². The molecule has 8 heteroatoms. The lowest BCUT2D eigenvalue weighted by molar-refractivity contribution is 0.469. The number of benzene rings is 14. The Morgan fingerprint density at radius 2 is 0.576 bits per heavy atom. The molecule has 0 radical (unpaired) electrons. The van der Waals surface area contributed by atoms with Gasteiger partial charge in [-0.3, -0.25) is 0 Å². The summed E-state index contributed by atoms with van der Waals surface area (Å²) in [5.74, 6) is 3.05. The maximum absolute atomic E-state index is 8.19. The highest BCUT2D eigenvalue weighted by Crippen LogP contribution is 2.55. The van der Waals surface area contributed by atoms with E-state index in [0.29, 0.717) is 0 Å². The number of rotatable bonds is 11. The van der Waals surface area contributed by atoms with Gasteiger partial charge in [-0.2, -0.15) is 0 Å². The lowest BCUT2D eigenvalue weighted by Crippen LogP contribution is -2.63. The molecular weight excluding hydrogens is 1120 g/mol. The molecule has 4 heterocycles. The summed E-state index contributed by atoms with van der Waals surface area (Å²) in [6.07, 6.45) is 0. The van der Waals surface area contributed by atoms with Gasteiger partial charge in [0.15, 0.2) is 0 Å². The van der Waals surface area contributed by atoms with E-state index in [0.717, 1.165) is 146 Å². The van der Waals surface area contributed by atoms with Gasteiger partial charge in [0.2, 0.25) is 0 Å². The Balaban J connectivity index is 0.984. The minimum atomic E-state index is -0.294. The molecule has 430 valence electrons. The highest BCUT2D eigenvalue weighted by atomic mass is 16.5. The first-order chi connectivity index (χ1) is 45.7. The van der Waals surface area contributed by atoms with Gasteiger partial charge >= 0.3 is 0 Å². The molecular formula is C84H56B2N4O2. The van der Waals surface area contributed by atoms with E-state index in [1.54, 1.807) is 0 Å². The molecule has 0 N–H and O–H groups in total. The molecule has 18 rings (SSSR count). The lowest BCUT2D eigenvalue weighted by atomic mass is 9.30. The zero-order valence-electron chi connectivity index (χ0n) is 50.1. The number of fused-ring (bicyclic) bond motifs is 8. The highest BCUT2D eigenvalue weighted by Gasteiger charge is 2.49. The topological polar surface area (TPSA) is 31.4 Å². The van der Waals surface area contributed by atoms with Crippen LogP contribution in [0.1, 0.15) is 0 Å². The first kappa shape index (κ1) is 53.1. The predicted molar refractivity (Wildman–Crippen MR) is 384 cm³/mol. The van der Waals surface area contributed by atoms with Crippen LogP contribution in [-0.4, -0.2) is 13.4 Å². The van der Waals surface area contributed by atoms with Gasteiger partial charge in [0.1, 0.15) is 23.0 Å². The molecule has 6 nitrogen and oxygen atoms in total. The van der Waals surface area contributed by atoms with Crippen LogP contribution in [0.15, 0.2) is 340 Å². The molecule has 0 unspecified atom stereocenters. The Morgan fingerprint density at radius 1 is 0.250 bits per heavy atom. The van der Waals surface area contributed by atoms with Crippen LogP contribution in [0.4, 0.5) is 68.2 Å². The van der Waals surface area contributed by atoms with Crippen molar-refractivity contribution in [1.82, 2.24) is 0 Å². The van der Waals surface area contributed by atoms with Gasteiger partial charge in [-0.1, -0.05) is 231 Å². The van der Waals surface area contributed by atoms with Crippen LogP contribution >= 0.6 is 0 Å². The third-order valence-electron chi connectivity index (χ3n) is 18.7. The van der Waals surface area contributed by atoms with Gasteiger partial charge in [-0.25, -0.2) is 0 Å². The first-order valence-electron chi connectivity index (χ1n) is 31.6. The summed E-state index contributed by atoms with van der Waals surface area (Å²) in [6.45, 7) is -0.589. The van der Waals surface area contributed by atoms with Crippen molar-refractivity contribution in [2.24, 2.45) is 0 Å². The van der Waals surface area contributed by atoms with E-state index in [-0.39, 0.29) is 13.4 Å². The normalized spacial score (nSPS) is 12.7. The fraction of sp³-hybridized carbons (Fsp3) is 0. The number of nitrogens with zero attached hydrogens (tertiary/aromatic N) is 4. The average molecular weight is 1180 g/mol. The van der Waals surface area contributed by atoms with Gasteiger partial charge in [0.25, 0.3) is 13.4 Å². The standard InChI is InChI=1S/C84H56B2N4O2/c1-9-30-57(31-10-1)67-46-29-47-68(58-32-11-2-12-33-58)79(67)80-83-71(85-69-48-25-27-50-73(69)89(63-42-21-7-22-43-63)75-52-65(54-77(91-83)81(75)85)87(59-34-13-3-14-35-59)60-36-15-4-16-37-60)56-72-84(80)92-78-55-66(88(61-38-17-5-18-39-61)62-40-19-6-20-41-62)53-76-82(78)86(72)70-49-26-28-51-74(70)90(76)64-44-23-8-24-45-64/h1-56H. The zero-order valence-corrected chi connectivity index (χ0v) is 50.1. The average Bonchev–Trinajstić information content (AvgIpc) is 0.691. The van der Waals surface area contributed by atoms with E-state index in [4.69, 9.17) is 9.47 Å². The van der Waals surface area contributed by atoms with Crippen molar-refractivity contribution in [3.63, 3.8) is 0 Å². The van der Waals surface area contributed by atoms with E-state index in [1.165, 1.54) is 10.9 Å². The lowest BCUT2D eigenvalue weighted by Gasteiger charge is -2.44. The summed E-state index contributed by atoms with van der Waals surface area (Å²) < 4.78 is 16.4. The van der Waals surface area contributed by atoms with Crippen LogP contribution in [0.25, 0.3) is 33.4 Å². The van der Waals surface area contributed by atoms with E-state index in [1.807, 2.05) is 0 Å². The second-order valence-corrected chi connectivity index (χ2v) is 23.8. The van der Waals surface area contributed by atoms with Crippen molar-refractivity contribution in [3.8, 4) is 56.4 Å². The monoisotopic (exact) mass is 1170 g/mol. The van der Waals surface area contributed by atoms with Gasteiger partial charge < -0.3 is 29.1 Å². The van der Waals surface area contributed by atoms with Crippen molar-refractivity contribution in [2.75, 3.05) is 19.6 Å². The Bertz CT molecular complexity index is 4730. The molecule has 0 saturated heterocycles. The maximum Gasteiger partial charge on any atom is 0.256 e. The van der Waals surface area contributed by atoms with Gasteiger partial charge in [-0.05, 0) is 152 Å². The van der Waals surface area contributed by atoms with E-state index >= 15 is 0 Å². The Labute approximate surface area is 536 Å². The SMILES string of the molecule is c1ccc(-c2cccc(-c3ccccc3)c2-c2c3c(cc4c2Oc2cc(N(c5ccccc5)c5ccccc5)cc5c2B4c2ccccc2N5c2ccccc2)B2c4ccccc4N(c4ccccc4)c4cc(N(c5ccccc5)c5ccccc5)cc(c42)O3)cc1. The summed E-state index contributed by atoms with van der Waals surface area (Å²) >= 11 is 0. The molecule has 0 spiro atoms. The van der Waals surface area contributed by atoms with E-state index in [2.05, 4.69) is 359 Å². The molecule has 14 aromatic carbocycles. The molecule has 0 atom stereocenters. The summed E-state index contributed by atoms with van der Waals surface area (Å²) in [7, 11) is 0. The largest absolute Gasteiger partial charge is 0.457 e. The number of anilines is 12. The van der Waals surface area contributed by atoms with Gasteiger partial charge in [-0.15, -0.1) is 0 Å². The Morgan fingerprint density at radius 3 is 0.946 bits per heavy atom. The molecule has 0 aromatic heterocycles. The summed E-state index contributed by atoms with van der Waals surface area (Å²) in [5.41, 5.74) is 25.3. The van der Waals surface area contributed by atoms with Crippen molar-refractivity contribution in [2.45, 2.75) is 0 Å². The molecule has 0 aliphatic carbocycles. The van der Waals surface area contributed by atoms with Crippen LogP contribution in [-0.2, 0) is 0 Å². The van der Waals surface area contributed by atoms with Crippen LogP contribution < -0.4 is 61.9 Å². The van der Waals surface area contributed by atoms with E-state index < -0.39 is 0 Å². The Hall–Kier alpha value is -12.0. The summed E-state index contributed by atoms with van der Waals surface area (Å²) in [5, 5.41) is 0. The van der Waals surface area contributed by atoms with Crippen LogP contribution in [0.5, 0.6) is 23.0 Å². The second kappa shape index (κ2) is 21.9. The van der Waals surface area contributed by atoms with Gasteiger partial charge in [0.05, 0.1) is 16.9 Å². The summed E-state index contributed by atoms with van der Waals surface area (Å²) in [4.78, 5) is 9.59. The van der Waals surface area contributed by atoms with Crippen molar-refractivity contribution in [1.29, 1.82) is 0 Å². The quantitative estimate of drug-likeness (QED) is 0.120. The molecule has 0 fully saturated rings. The predicted octanol–water partition coefficient (Wildman–Crippen LogP) is 18.4. The molecule has 0 bridgehead atoms. The first-order valence-corrected chi connectivity index (χ1v) is 31.6. The number of ether oxygens (including phenoxy) is 2. The maximum atomic E-state index is 8.19. The number of hydrogen-bond donors (Lipinski definition) is 0. The minimum Gasteiger partial charge on any atom is -0.457 e. The van der Waals surface area contributed by atoms with Crippen LogP contribution in [0.3, 0.4) is 0 Å². The minimum absolute atomic E-state index is 0.294.